The Labute approximate surface area is 119 Å². The number of carbonyl (C=O) groups is 1. The molecular weight excluding hydrogens is 256 g/mol. The molecule has 1 aromatic rings. The zero-order valence-electron chi connectivity index (χ0n) is 12.1. The van der Waals surface area contributed by atoms with Crippen LogP contribution in [0, 0.1) is 13.8 Å². The smallest absolute Gasteiger partial charge is 0.234 e. The Bertz CT molecular complexity index is 456. The molecule has 0 aromatic heterocycles. The molecule has 5 heteroatoms. The lowest BCUT2D eigenvalue weighted by atomic mass is 10.1. The van der Waals surface area contributed by atoms with Crippen molar-refractivity contribution in [3.05, 3.63) is 29.3 Å². The Balaban J connectivity index is 1.79. The van der Waals surface area contributed by atoms with Crippen molar-refractivity contribution in [1.82, 2.24) is 10.2 Å². The van der Waals surface area contributed by atoms with Crippen molar-refractivity contribution >= 4 is 5.91 Å². The molecular formula is C15H22N2O3. The van der Waals surface area contributed by atoms with Gasteiger partial charge in [0, 0.05) is 19.6 Å². The van der Waals surface area contributed by atoms with Crippen LogP contribution in [0.3, 0.4) is 0 Å². The van der Waals surface area contributed by atoms with Crippen molar-refractivity contribution < 1.29 is 14.6 Å². The van der Waals surface area contributed by atoms with Crippen LogP contribution in [0.4, 0.5) is 0 Å². The summed E-state index contributed by atoms with van der Waals surface area (Å²) in [5.74, 6) is 0.789. The Hall–Kier alpha value is -1.59. The fourth-order valence-corrected chi connectivity index (χ4v) is 2.41. The van der Waals surface area contributed by atoms with Crippen LogP contribution < -0.4 is 10.1 Å². The minimum atomic E-state index is -0.596. The highest BCUT2D eigenvalue weighted by molar-refractivity contribution is 5.78. The molecule has 0 radical (unpaired) electrons. The highest BCUT2D eigenvalue weighted by Gasteiger charge is 2.19. The SMILES string of the molecule is Cc1cc(C)cc(OC[C@H](O)CN2CCNC(=O)C2)c1. The summed E-state index contributed by atoms with van der Waals surface area (Å²) in [6, 6.07) is 5.98. The fraction of sp³-hybridized carbons (Fsp3) is 0.533. The highest BCUT2D eigenvalue weighted by atomic mass is 16.5. The summed E-state index contributed by atoms with van der Waals surface area (Å²) in [4.78, 5) is 13.2. The molecule has 20 heavy (non-hydrogen) atoms. The summed E-state index contributed by atoms with van der Waals surface area (Å²) in [5, 5.41) is 12.8. The van der Waals surface area contributed by atoms with E-state index in [9.17, 15) is 9.90 Å². The van der Waals surface area contributed by atoms with Gasteiger partial charge in [-0.25, -0.2) is 0 Å². The zero-order chi connectivity index (χ0) is 14.5. The first-order chi connectivity index (χ1) is 9.52. The quantitative estimate of drug-likeness (QED) is 0.822. The highest BCUT2D eigenvalue weighted by Crippen LogP contribution is 2.16. The summed E-state index contributed by atoms with van der Waals surface area (Å²) in [6.07, 6.45) is -0.596. The molecule has 1 aromatic carbocycles. The molecule has 1 atom stereocenters. The average molecular weight is 278 g/mol. The Morgan fingerprint density at radius 1 is 1.35 bits per heavy atom. The van der Waals surface area contributed by atoms with Crippen molar-refractivity contribution in [2.24, 2.45) is 0 Å². The lowest BCUT2D eigenvalue weighted by molar-refractivity contribution is -0.124. The zero-order valence-corrected chi connectivity index (χ0v) is 12.1. The van der Waals surface area contributed by atoms with Gasteiger partial charge in [0.25, 0.3) is 0 Å². The van der Waals surface area contributed by atoms with E-state index < -0.39 is 6.10 Å². The van der Waals surface area contributed by atoms with E-state index in [0.29, 0.717) is 19.6 Å². The second kappa shape index (κ2) is 6.72. The van der Waals surface area contributed by atoms with Crippen LogP contribution in [0.25, 0.3) is 0 Å². The standard InChI is InChI=1S/C15H22N2O3/c1-11-5-12(2)7-14(6-11)20-10-13(18)8-17-4-3-16-15(19)9-17/h5-7,13,18H,3-4,8-10H2,1-2H3,(H,16,19)/t13-/m1/s1. The predicted octanol–water partition coefficient (Wildman–Crippen LogP) is 0.475. The molecule has 1 heterocycles. The number of piperazine rings is 1. The van der Waals surface area contributed by atoms with Crippen LogP contribution in [-0.2, 0) is 4.79 Å². The summed E-state index contributed by atoms with van der Waals surface area (Å²) in [5.41, 5.74) is 2.28. The lowest BCUT2D eigenvalue weighted by Gasteiger charge is -2.28. The monoisotopic (exact) mass is 278 g/mol. The largest absolute Gasteiger partial charge is 0.491 e. The van der Waals surface area contributed by atoms with Crippen molar-refractivity contribution in [3.63, 3.8) is 0 Å². The molecule has 2 rings (SSSR count). The van der Waals surface area contributed by atoms with E-state index in [-0.39, 0.29) is 12.5 Å². The second-order valence-electron chi connectivity index (χ2n) is 5.37. The molecule has 0 saturated carbocycles. The Morgan fingerprint density at radius 3 is 2.70 bits per heavy atom. The van der Waals surface area contributed by atoms with E-state index in [1.807, 2.05) is 30.9 Å². The lowest BCUT2D eigenvalue weighted by Crippen LogP contribution is -2.50. The number of hydrogen-bond acceptors (Lipinski definition) is 4. The van der Waals surface area contributed by atoms with Crippen LogP contribution >= 0.6 is 0 Å². The van der Waals surface area contributed by atoms with E-state index in [1.54, 1.807) is 0 Å². The van der Waals surface area contributed by atoms with Crippen molar-refractivity contribution in [3.8, 4) is 5.75 Å². The number of ether oxygens (including phenoxy) is 1. The molecule has 110 valence electrons. The summed E-state index contributed by atoms with van der Waals surface area (Å²) in [7, 11) is 0. The molecule has 1 saturated heterocycles. The van der Waals surface area contributed by atoms with Crippen molar-refractivity contribution in [2.75, 3.05) is 32.8 Å². The van der Waals surface area contributed by atoms with Gasteiger partial charge in [0.05, 0.1) is 6.54 Å². The first kappa shape index (κ1) is 14.8. The van der Waals surface area contributed by atoms with E-state index in [0.717, 1.165) is 23.4 Å². The second-order valence-corrected chi connectivity index (χ2v) is 5.37. The predicted molar refractivity (Wildman–Crippen MR) is 76.9 cm³/mol. The number of hydrogen-bond donors (Lipinski definition) is 2. The number of nitrogens with zero attached hydrogens (tertiary/aromatic N) is 1. The minimum absolute atomic E-state index is 0.0127. The normalized spacial score (nSPS) is 17.6. The maximum Gasteiger partial charge on any atom is 0.234 e. The molecule has 1 aliphatic heterocycles. The molecule has 0 unspecified atom stereocenters. The molecule has 0 bridgehead atoms. The number of aliphatic hydroxyl groups excluding tert-OH is 1. The van der Waals surface area contributed by atoms with Crippen LogP contribution in [0.5, 0.6) is 5.75 Å². The maximum absolute atomic E-state index is 11.2. The van der Waals surface area contributed by atoms with Gasteiger partial charge >= 0.3 is 0 Å². The fourth-order valence-electron chi connectivity index (χ4n) is 2.41. The third kappa shape index (κ3) is 4.51. The van der Waals surface area contributed by atoms with E-state index in [4.69, 9.17) is 4.74 Å². The van der Waals surface area contributed by atoms with Crippen LogP contribution in [0.2, 0.25) is 0 Å². The van der Waals surface area contributed by atoms with Gasteiger partial charge in [0.15, 0.2) is 0 Å². The number of rotatable bonds is 5. The topological polar surface area (TPSA) is 61.8 Å². The molecule has 1 amide bonds. The number of amides is 1. The number of aliphatic hydroxyl groups is 1. The molecule has 0 spiro atoms. The number of aryl methyl sites for hydroxylation is 2. The van der Waals surface area contributed by atoms with E-state index in [2.05, 4.69) is 11.4 Å². The van der Waals surface area contributed by atoms with Gasteiger partial charge in [-0.3, -0.25) is 9.69 Å². The van der Waals surface area contributed by atoms with Gasteiger partial charge in [0.2, 0.25) is 5.91 Å². The van der Waals surface area contributed by atoms with Gasteiger partial charge in [0.1, 0.15) is 18.5 Å². The Morgan fingerprint density at radius 2 is 2.05 bits per heavy atom. The van der Waals surface area contributed by atoms with Crippen LogP contribution in [0.1, 0.15) is 11.1 Å². The van der Waals surface area contributed by atoms with Crippen LogP contribution in [0.15, 0.2) is 18.2 Å². The summed E-state index contributed by atoms with van der Waals surface area (Å²) >= 11 is 0. The Kier molecular flexibility index (Phi) is 4.98. The minimum Gasteiger partial charge on any atom is -0.491 e. The van der Waals surface area contributed by atoms with E-state index in [1.165, 1.54) is 0 Å². The number of β-amino-alcohol motifs (C(OH)–C–C–N with tert-alkyl or cyclic N) is 1. The van der Waals surface area contributed by atoms with Gasteiger partial charge in [-0.2, -0.15) is 0 Å². The first-order valence-corrected chi connectivity index (χ1v) is 6.91. The van der Waals surface area contributed by atoms with Gasteiger partial charge in [-0.15, -0.1) is 0 Å². The van der Waals surface area contributed by atoms with E-state index >= 15 is 0 Å². The molecule has 1 fully saturated rings. The van der Waals surface area contributed by atoms with Crippen molar-refractivity contribution in [1.29, 1.82) is 0 Å². The van der Waals surface area contributed by atoms with Gasteiger partial charge < -0.3 is 15.2 Å². The van der Waals surface area contributed by atoms with Gasteiger partial charge in [-0.05, 0) is 37.1 Å². The third-order valence-electron chi connectivity index (χ3n) is 3.22. The van der Waals surface area contributed by atoms with Gasteiger partial charge in [-0.1, -0.05) is 6.07 Å². The average Bonchev–Trinajstić information content (AvgIpc) is 2.35. The maximum atomic E-state index is 11.2. The first-order valence-electron chi connectivity index (χ1n) is 6.91. The summed E-state index contributed by atoms with van der Waals surface area (Å²) in [6.45, 7) is 6.49. The van der Waals surface area contributed by atoms with Crippen molar-refractivity contribution in [2.45, 2.75) is 20.0 Å². The molecule has 1 aliphatic rings. The third-order valence-corrected chi connectivity index (χ3v) is 3.22. The molecule has 0 aliphatic carbocycles. The number of nitrogens with one attached hydrogen (secondary N) is 1. The number of carbonyl (C=O) groups excluding carboxylic acids is 1. The molecule has 5 nitrogen and oxygen atoms in total. The van der Waals surface area contributed by atoms with Crippen LogP contribution in [-0.4, -0.2) is 54.8 Å². The molecule has 2 N–H and O–H groups in total. The summed E-state index contributed by atoms with van der Waals surface area (Å²) < 4.78 is 5.62. The number of benzene rings is 1.